The molecule has 0 bridgehead atoms. The smallest absolute Gasteiger partial charge is 0.0108 e. The molecular weight excluding hydrogens is 244 g/mol. The van der Waals surface area contributed by atoms with E-state index in [0.29, 0.717) is 0 Å². The molecule has 5 unspecified atom stereocenters. The van der Waals surface area contributed by atoms with Gasteiger partial charge in [0.1, 0.15) is 0 Å². The minimum absolute atomic E-state index is 0.781. The van der Waals surface area contributed by atoms with E-state index in [1.54, 1.807) is 0 Å². The lowest BCUT2D eigenvalue weighted by Crippen LogP contribution is -2.45. The molecule has 2 aliphatic rings. The second kappa shape index (κ2) is 7.79. The summed E-state index contributed by atoms with van der Waals surface area (Å²) in [6.45, 7) is 14.7. The number of hydrogen-bond donors (Lipinski definition) is 1. The van der Waals surface area contributed by atoms with Crippen molar-refractivity contribution >= 4 is 0 Å². The highest BCUT2D eigenvalue weighted by Gasteiger charge is 2.33. The fourth-order valence-corrected chi connectivity index (χ4v) is 4.26. The molecule has 2 nitrogen and oxygen atoms in total. The SMILES string of the molecule is CCCNC1CCC(CC)CC1CN1CC(C)C(C)C1. The molecule has 0 amide bonds. The fourth-order valence-electron chi connectivity index (χ4n) is 4.26. The summed E-state index contributed by atoms with van der Waals surface area (Å²) in [7, 11) is 0. The Morgan fingerprint density at radius 3 is 2.35 bits per heavy atom. The van der Waals surface area contributed by atoms with Crippen LogP contribution in [0, 0.1) is 23.7 Å². The van der Waals surface area contributed by atoms with Crippen molar-refractivity contribution in [3.05, 3.63) is 0 Å². The van der Waals surface area contributed by atoms with E-state index >= 15 is 0 Å². The van der Waals surface area contributed by atoms with Gasteiger partial charge in [-0.15, -0.1) is 0 Å². The molecule has 1 aliphatic heterocycles. The van der Waals surface area contributed by atoms with Crippen molar-refractivity contribution in [2.45, 2.75) is 65.8 Å². The highest BCUT2D eigenvalue weighted by Crippen LogP contribution is 2.33. The van der Waals surface area contributed by atoms with Gasteiger partial charge in [0.25, 0.3) is 0 Å². The van der Waals surface area contributed by atoms with Gasteiger partial charge in [0.2, 0.25) is 0 Å². The number of hydrogen-bond acceptors (Lipinski definition) is 2. The molecule has 118 valence electrons. The summed E-state index contributed by atoms with van der Waals surface area (Å²) < 4.78 is 0. The first-order chi connectivity index (χ1) is 9.63. The second-order valence-electron chi connectivity index (χ2n) is 7.58. The van der Waals surface area contributed by atoms with Gasteiger partial charge in [0.15, 0.2) is 0 Å². The maximum Gasteiger partial charge on any atom is 0.0108 e. The van der Waals surface area contributed by atoms with Crippen molar-refractivity contribution in [1.29, 1.82) is 0 Å². The highest BCUT2D eigenvalue weighted by atomic mass is 15.2. The lowest BCUT2D eigenvalue weighted by molar-refractivity contribution is 0.148. The van der Waals surface area contributed by atoms with E-state index in [1.807, 2.05) is 0 Å². The molecule has 1 heterocycles. The summed E-state index contributed by atoms with van der Waals surface area (Å²) >= 11 is 0. The standard InChI is InChI=1S/C18H36N2/c1-5-9-19-18-8-7-16(6-2)10-17(18)13-20-11-14(3)15(4)12-20/h14-19H,5-13H2,1-4H3. The quantitative estimate of drug-likeness (QED) is 0.797. The molecule has 1 aliphatic carbocycles. The third kappa shape index (κ3) is 4.21. The predicted molar refractivity (Wildman–Crippen MR) is 88.0 cm³/mol. The van der Waals surface area contributed by atoms with Crippen molar-refractivity contribution in [2.75, 3.05) is 26.2 Å². The third-order valence-corrected chi connectivity index (χ3v) is 5.88. The summed E-state index contributed by atoms with van der Waals surface area (Å²) in [6.07, 6.45) is 6.95. The molecule has 0 radical (unpaired) electrons. The van der Waals surface area contributed by atoms with Crippen LogP contribution in [0.25, 0.3) is 0 Å². The van der Waals surface area contributed by atoms with Crippen molar-refractivity contribution in [1.82, 2.24) is 10.2 Å². The maximum atomic E-state index is 3.84. The van der Waals surface area contributed by atoms with Gasteiger partial charge in [-0.05, 0) is 55.9 Å². The van der Waals surface area contributed by atoms with Crippen molar-refractivity contribution < 1.29 is 0 Å². The zero-order chi connectivity index (χ0) is 14.5. The molecule has 2 heteroatoms. The number of rotatable bonds is 6. The average Bonchev–Trinajstić information content (AvgIpc) is 2.75. The normalized spacial score (nSPS) is 39.3. The summed E-state index contributed by atoms with van der Waals surface area (Å²) in [5.41, 5.74) is 0. The van der Waals surface area contributed by atoms with Gasteiger partial charge in [0, 0.05) is 25.7 Å². The van der Waals surface area contributed by atoms with Gasteiger partial charge in [-0.25, -0.2) is 0 Å². The van der Waals surface area contributed by atoms with Crippen LogP contribution in [0.2, 0.25) is 0 Å². The van der Waals surface area contributed by atoms with Gasteiger partial charge in [-0.3, -0.25) is 0 Å². The number of nitrogens with zero attached hydrogens (tertiary/aromatic N) is 1. The largest absolute Gasteiger partial charge is 0.314 e. The summed E-state index contributed by atoms with van der Waals surface area (Å²) in [5.74, 6) is 3.65. The summed E-state index contributed by atoms with van der Waals surface area (Å²) in [5, 5.41) is 3.84. The van der Waals surface area contributed by atoms with E-state index in [2.05, 4.69) is 37.9 Å². The van der Waals surface area contributed by atoms with Crippen LogP contribution in [0.1, 0.15) is 59.8 Å². The van der Waals surface area contributed by atoms with Crippen molar-refractivity contribution in [2.24, 2.45) is 23.7 Å². The Hall–Kier alpha value is -0.0800. The molecule has 5 atom stereocenters. The number of likely N-dealkylation sites (tertiary alicyclic amines) is 1. The molecule has 0 aromatic rings. The Bertz CT molecular complexity index is 269. The molecule has 1 saturated heterocycles. The Morgan fingerprint density at radius 1 is 1.05 bits per heavy atom. The molecule has 0 aromatic carbocycles. The van der Waals surface area contributed by atoms with Crippen LogP contribution in [0.5, 0.6) is 0 Å². The molecular formula is C18H36N2. The second-order valence-corrected chi connectivity index (χ2v) is 7.58. The van der Waals surface area contributed by atoms with Crippen molar-refractivity contribution in [3.63, 3.8) is 0 Å². The third-order valence-electron chi connectivity index (χ3n) is 5.88. The topological polar surface area (TPSA) is 15.3 Å². The minimum Gasteiger partial charge on any atom is -0.314 e. The fraction of sp³-hybridized carbons (Fsp3) is 1.00. The first-order valence-electron chi connectivity index (χ1n) is 9.09. The van der Waals surface area contributed by atoms with Crippen LogP contribution in [0.4, 0.5) is 0 Å². The van der Waals surface area contributed by atoms with E-state index in [0.717, 1.165) is 29.7 Å². The van der Waals surface area contributed by atoms with Crippen molar-refractivity contribution in [3.8, 4) is 0 Å². The number of nitrogens with one attached hydrogen (secondary N) is 1. The molecule has 0 aromatic heterocycles. The predicted octanol–water partition coefficient (Wildman–Crippen LogP) is 3.77. The Morgan fingerprint density at radius 2 is 1.75 bits per heavy atom. The van der Waals surface area contributed by atoms with Gasteiger partial charge in [-0.2, -0.15) is 0 Å². The first kappa shape index (κ1) is 16.3. The zero-order valence-electron chi connectivity index (χ0n) is 14.2. The van der Waals surface area contributed by atoms with E-state index < -0.39 is 0 Å². The average molecular weight is 280 g/mol. The van der Waals surface area contributed by atoms with Crippen LogP contribution in [-0.2, 0) is 0 Å². The van der Waals surface area contributed by atoms with E-state index in [-0.39, 0.29) is 0 Å². The first-order valence-corrected chi connectivity index (χ1v) is 9.09. The Labute approximate surface area is 126 Å². The van der Waals surface area contributed by atoms with Gasteiger partial charge >= 0.3 is 0 Å². The van der Waals surface area contributed by atoms with Gasteiger partial charge < -0.3 is 10.2 Å². The van der Waals surface area contributed by atoms with E-state index in [9.17, 15) is 0 Å². The zero-order valence-corrected chi connectivity index (χ0v) is 14.2. The minimum atomic E-state index is 0.781. The van der Waals surface area contributed by atoms with E-state index in [1.165, 1.54) is 58.3 Å². The van der Waals surface area contributed by atoms with Crippen LogP contribution >= 0.6 is 0 Å². The summed E-state index contributed by atoms with van der Waals surface area (Å²) in [6, 6.07) is 0.781. The molecule has 1 N–H and O–H groups in total. The van der Waals surface area contributed by atoms with Crippen LogP contribution in [-0.4, -0.2) is 37.1 Å². The van der Waals surface area contributed by atoms with Crippen LogP contribution in [0.3, 0.4) is 0 Å². The Balaban J connectivity index is 1.89. The highest BCUT2D eigenvalue weighted by molar-refractivity contribution is 4.88. The maximum absolute atomic E-state index is 3.84. The molecule has 20 heavy (non-hydrogen) atoms. The molecule has 2 rings (SSSR count). The molecule has 0 spiro atoms. The van der Waals surface area contributed by atoms with Gasteiger partial charge in [-0.1, -0.05) is 34.1 Å². The van der Waals surface area contributed by atoms with E-state index in [4.69, 9.17) is 0 Å². The lowest BCUT2D eigenvalue weighted by atomic mass is 9.76. The van der Waals surface area contributed by atoms with Gasteiger partial charge in [0.05, 0.1) is 0 Å². The van der Waals surface area contributed by atoms with Crippen LogP contribution < -0.4 is 5.32 Å². The molecule has 1 saturated carbocycles. The van der Waals surface area contributed by atoms with Crippen LogP contribution in [0.15, 0.2) is 0 Å². The monoisotopic (exact) mass is 280 g/mol. The Kier molecular flexibility index (Phi) is 6.35. The summed E-state index contributed by atoms with van der Waals surface area (Å²) in [4.78, 5) is 2.75. The lowest BCUT2D eigenvalue weighted by Gasteiger charge is -2.38. The molecule has 2 fully saturated rings.